The Morgan fingerprint density at radius 3 is 2.86 bits per heavy atom. The Labute approximate surface area is 176 Å². The number of carbonyl (C=O) groups is 1. The van der Waals surface area contributed by atoms with Crippen LogP contribution in [0.5, 0.6) is 0 Å². The standard InChI is InChI=1S/C23H26N4OS/c1-17-8-9-18(2)21(14-17)27-13-11-24-23(27)29-16-22(28)26-12-10-20(15-26)25-19-6-4-3-5-7-19/h3-9,11,13-14,20,25H,10,12,15-16H2,1-2H3. The Bertz CT molecular complexity index is 986. The van der Waals surface area contributed by atoms with E-state index >= 15 is 0 Å². The molecule has 0 spiro atoms. The number of anilines is 1. The van der Waals surface area contributed by atoms with Gasteiger partial charge in [-0.15, -0.1) is 0 Å². The minimum atomic E-state index is 0.169. The minimum Gasteiger partial charge on any atom is -0.380 e. The Morgan fingerprint density at radius 2 is 2.03 bits per heavy atom. The van der Waals surface area contributed by atoms with Gasteiger partial charge in [0.05, 0.1) is 11.4 Å². The smallest absolute Gasteiger partial charge is 0.233 e. The van der Waals surface area contributed by atoms with Crippen molar-refractivity contribution in [2.45, 2.75) is 31.5 Å². The molecule has 1 fully saturated rings. The molecule has 3 aromatic rings. The highest BCUT2D eigenvalue weighted by atomic mass is 32.2. The summed E-state index contributed by atoms with van der Waals surface area (Å²) in [7, 11) is 0. The lowest BCUT2D eigenvalue weighted by atomic mass is 10.1. The number of nitrogens with one attached hydrogen (secondary N) is 1. The molecule has 1 aromatic heterocycles. The number of hydrogen-bond acceptors (Lipinski definition) is 4. The molecule has 150 valence electrons. The number of nitrogens with zero attached hydrogens (tertiary/aromatic N) is 3. The largest absolute Gasteiger partial charge is 0.380 e. The van der Waals surface area contributed by atoms with Crippen LogP contribution in [0.15, 0.2) is 66.1 Å². The van der Waals surface area contributed by atoms with E-state index in [1.807, 2.05) is 29.3 Å². The van der Waals surface area contributed by atoms with Gasteiger partial charge in [-0.25, -0.2) is 4.98 Å². The number of para-hydroxylation sites is 1. The van der Waals surface area contributed by atoms with Gasteiger partial charge in [0.2, 0.25) is 5.91 Å². The van der Waals surface area contributed by atoms with Crippen LogP contribution in [0, 0.1) is 13.8 Å². The Kier molecular flexibility index (Phi) is 5.90. The fraction of sp³-hybridized carbons (Fsp3) is 0.304. The van der Waals surface area contributed by atoms with E-state index in [-0.39, 0.29) is 5.91 Å². The van der Waals surface area contributed by atoms with Gasteiger partial charge in [-0.05, 0) is 49.6 Å². The van der Waals surface area contributed by atoms with E-state index in [4.69, 9.17) is 0 Å². The molecular formula is C23H26N4OS. The van der Waals surface area contributed by atoms with E-state index < -0.39 is 0 Å². The molecule has 2 aromatic carbocycles. The number of likely N-dealkylation sites (tertiary alicyclic amines) is 1. The molecule has 1 aliphatic heterocycles. The van der Waals surface area contributed by atoms with E-state index in [1.54, 1.807) is 6.20 Å². The summed E-state index contributed by atoms with van der Waals surface area (Å²) in [5.74, 6) is 0.572. The molecule has 1 N–H and O–H groups in total. The highest BCUT2D eigenvalue weighted by Gasteiger charge is 2.26. The van der Waals surface area contributed by atoms with Crippen LogP contribution < -0.4 is 5.32 Å². The zero-order valence-electron chi connectivity index (χ0n) is 16.8. The van der Waals surface area contributed by atoms with E-state index in [2.05, 4.69) is 59.0 Å². The summed E-state index contributed by atoms with van der Waals surface area (Å²) in [6.45, 7) is 5.73. The summed E-state index contributed by atoms with van der Waals surface area (Å²) in [6.07, 6.45) is 4.73. The lowest BCUT2D eigenvalue weighted by Crippen LogP contribution is -2.32. The molecule has 0 bridgehead atoms. The van der Waals surface area contributed by atoms with Crippen molar-refractivity contribution in [2.24, 2.45) is 0 Å². The van der Waals surface area contributed by atoms with E-state index in [0.29, 0.717) is 11.8 Å². The average Bonchev–Trinajstić information content (AvgIpc) is 3.38. The fourth-order valence-electron chi connectivity index (χ4n) is 3.65. The van der Waals surface area contributed by atoms with Crippen LogP contribution in [0.25, 0.3) is 5.69 Å². The van der Waals surface area contributed by atoms with Gasteiger partial charge in [0.15, 0.2) is 5.16 Å². The van der Waals surface area contributed by atoms with Crippen LogP contribution in [0.2, 0.25) is 0 Å². The highest BCUT2D eigenvalue weighted by molar-refractivity contribution is 7.99. The summed E-state index contributed by atoms with van der Waals surface area (Å²) in [6, 6.07) is 16.9. The maximum absolute atomic E-state index is 12.7. The molecule has 5 nitrogen and oxygen atoms in total. The zero-order valence-corrected chi connectivity index (χ0v) is 17.7. The molecule has 1 saturated heterocycles. The van der Waals surface area contributed by atoms with Gasteiger partial charge in [0.1, 0.15) is 0 Å². The molecule has 2 heterocycles. The van der Waals surface area contributed by atoms with Gasteiger partial charge in [0, 0.05) is 37.2 Å². The normalized spacial score (nSPS) is 16.2. The van der Waals surface area contributed by atoms with Crippen LogP contribution in [0.1, 0.15) is 17.5 Å². The second-order valence-corrected chi connectivity index (χ2v) is 8.44. The maximum Gasteiger partial charge on any atom is 0.233 e. The lowest BCUT2D eigenvalue weighted by Gasteiger charge is -2.18. The van der Waals surface area contributed by atoms with Crippen molar-refractivity contribution in [3.8, 4) is 5.69 Å². The van der Waals surface area contributed by atoms with Gasteiger partial charge >= 0.3 is 0 Å². The first-order chi connectivity index (χ1) is 14.1. The number of imidazole rings is 1. The molecule has 4 rings (SSSR count). The molecule has 1 atom stereocenters. The number of carbonyl (C=O) groups excluding carboxylic acids is 1. The van der Waals surface area contributed by atoms with Crippen LogP contribution in [-0.2, 0) is 4.79 Å². The predicted molar refractivity (Wildman–Crippen MR) is 119 cm³/mol. The molecule has 0 saturated carbocycles. The maximum atomic E-state index is 12.7. The van der Waals surface area contributed by atoms with Crippen LogP contribution >= 0.6 is 11.8 Å². The van der Waals surface area contributed by atoms with Crippen molar-refractivity contribution in [3.05, 3.63) is 72.1 Å². The number of rotatable bonds is 6. The molecule has 29 heavy (non-hydrogen) atoms. The monoisotopic (exact) mass is 406 g/mol. The zero-order chi connectivity index (χ0) is 20.2. The van der Waals surface area contributed by atoms with Gasteiger partial charge in [-0.3, -0.25) is 9.36 Å². The van der Waals surface area contributed by atoms with Crippen molar-refractivity contribution in [1.29, 1.82) is 0 Å². The van der Waals surface area contributed by atoms with Gasteiger partial charge in [-0.2, -0.15) is 0 Å². The van der Waals surface area contributed by atoms with Crippen molar-refractivity contribution in [3.63, 3.8) is 0 Å². The van der Waals surface area contributed by atoms with Crippen molar-refractivity contribution in [1.82, 2.24) is 14.5 Å². The van der Waals surface area contributed by atoms with Crippen molar-refractivity contribution in [2.75, 3.05) is 24.2 Å². The quantitative estimate of drug-likeness (QED) is 0.621. The SMILES string of the molecule is Cc1ccc(C)c(-n2ccnc2SCC(=O)N2CCC(Nc3ccccc3)C2)c1. The number of amides is 1. The van der Waals surface area contributed by atoms with Crippen molar-refractivity contribution < 1.29 is 4.79 Å². The minimum absolute atomic E-state index is 0.169. The van der Waals surface area contributed by atoms with Gasteiger partial charge in [0.25, 0.3) is 0 Å². The topological polar surface area (TPSA) is 50.2 Å². The Balaban J connectivity index is 1.35. The summed E-state index contributed by atoms with van der Waals surface area (Å²) >= 11 is 1.50. The molecule has 0 radical (unpaired) electrons. The van der Waals surface area contributed by atoms with E-state index in [0.717, 1.165) is 36.0 Å². The molecule has 6 heteroatoms. The number of hydrogen-bond donors (Lipinski definition) is 1. The second-order valence-electron chi connectivity index (χ2n) is 7.49. The van der Waals surface area contributed by atoms with Gasteiger partial charge < -0.3 is 10.2 Å². The lowest BCUT2D eigenvalue weighted by molar-refractivity contribution is -0.127. The Morgan fingerprint density at radius 1 is 1.21 bits per heavy atom. The van der Waals surface area contributed by atoms with E-state index in [9.17, 15) is 4.79 Å². The molecular weight excluding hydrogens is 380 g/mol. The second kappa shape index (κ2) is 8.74. The number of benzene rings is 2. The van der Waals surface area contributed by atoms with Crippen LogP contribution in [0.4, 0.5) is 5.69 Å². The van der Waals surface area contributed by atoms with Crippen LogP contribution in [0.3, 0.4) is 0 Å². The molecule has 1 aliphatic rings. The first kappa shape index (κ1) is 19.6. The third-order valence-corrected chi connectivity index (χ3v) is 6.19. The van der Waals surface area contributed by atoms with E-state index in [1.165, 1.54) is 22.9 Å². The molecule has 1 amide bonds. The molecule has 1 unspecified atom stereocenters. The predicted octanol–water partition coefficient (Wildman–Crippen LogP) is 4.29. The number of aromatic nitrogens is 2. The summed E-state index contributed by atoms with van der Waals surface area (Å²) in [5.41, 5.74) is 4.62. The fourth-order valence-corrected chi connectivity index (χ4v) is 4.52. The third-order valence-electron chi connectivity index (χ3n) is 5.24. The third kappa shape index (κ3) is 4.65. The van der Waals surface area contributed by atoms with Crippen molar-refractivity contribution >= 4 is 23.4 Å². The number of aryl methyl sites for hydroxylation is 2. The number of thioether (sulfide) groups is 1. The first-order valence-corrected chi connectivity index (χ1v) is 10.9. The highest BCUT2D eigenvalue weighted by Crippen LogP contribution is 2.24. The first-order valence-electron chi connectivity index (χ1n) is 9.93. The summed E-state index contributed by atoms with van der Waals surface area (Å²) in [5, 5.41) is 4.37. The van der Waals surface area contributed by atoms with Crippen LogP contribution in [-0.4, -0.2) is 45.2 Å². The summed E-state index contributed by atoms with van der Waals surface area (Å²) < 4.78 is 2.07. The summed E-state index contributed by atoms with van der Waals surface area (Å²) in [4.78, 5) is 19.2. The average molecular weight is 407 g/mol. The van der Waals surface area contributed by atoms with Gasteiger partial charge in [-0.1, -0.05) is 42.1 Å². The molecule has 0 aliphatic carbocycles. The Hall–Kier alpha value is -2.73.